The summed E-state index contributed by atoms with van der Waals surface area (Å²) >= 11 is 0. The molecule has 1 heterocycles. The van der Waals surface area contributed by atoms with Crippen molar-refractivity contribution in [3.05, 3.63) is 60.2 Å². The number of piperidine rings is 1. The molecule has 0 bridgehead atoms. The monoisotopic (exact) mass is 498 g/mol. The second-order valence-electron chi connectivity index (χ2n) is 8.71. The molecular formula is C24H29F3N2O4S. The van der Waals surface area contributed by atoms with Gasteiger partial charge in [0.25, 0.3) is 0 Å². The number of benzene rings is 2. The van der Waals surface area contributed by atoms with Gasteiger partial charge in [-0.15, -0.1) is 13.2 Å². The Morgan fingerprint density at radius 1 is 1.09 bits per heavy atom. The Kier molecular flexibility index (Phi) is 8.25. The van der Waals surface area contributed by atoms with Crippen LogP contribution in [0, 0.1) is 11.8 Å². The molecule has 0 aromatic heterocycles. The van der Waals surface area contributed by atoms with Gasteiger partial charge in [0.1, 0.15) is 5.75 Å². The van der Waals surface area contributed by atoms with Gasteiger partial charge in [0, 0.05) is 37.5 Å². The molecule has 1 saturated heterocycles. The number of rotatable bonds is 8. The minimum atomic E-state index is -4.91. The number of nitrogens with one attached hydrogen (secondary N) is 1. The largest absolute Gasteiger partial charge is 0.573 e. The van der Waals surface area contributed by atoms with Crippen LogP contribution < -0.4 is 10.1 Å². The summed E-state index contributed by atoms with van der Waals surface area (Å²) in [7, 11) is -4.01. The number of hydrogen-bond acceptors (Lipinski definition) is 4. The third kappa shape index (κ3) is 6.73. The number of sulfonamides is 1. The van der Waals surface area contributed by atoms with Gasteiger partial charge in [0.15, 0.2) is 0 Å². The van der Waals surface area contributed by atoms with E-state index in [4.69, 9.17) is 0 Å². The van der Waals surface area contributed by atoms with Crippen molar-refractivity contribution in [2.75, 3.05) is 19.6 Å². The molecule has 2 aromatic carbocycles. The lowest BCUT2D eigenvalue weighted by Gasteiger charge is -2.31. The Labute approximate surface area is 198 Å². The molecule has 1 fully saturated rings. The van der Waals surface area contributed by atoms with Crippen LogP contribution in [0.25, 0.3) is 0 Å². The molecule has 10 heteroatoms. The number of carbonyl (C=O) groups is 1. The summed E-state index contributed by atoms with van der Waals surface area (Å²) in [5, 5.41) is 3.02. The Morgan fingerprint density at radius 3 is 2.32 bits per heavy atom. The molecule has 1 aliphatic rings. The number of alkyl halides is 3. The second kappa shape index (κ2) is 10.8. The van der Waals surface area contributed by atoms with Crippen molar-refractivity contribution in [2.45, 2.75) is 43.9 Å². The molecule has 1 unspecified atom stereocenters. The highest BCUT2D eigenvalue weighted by atomic mass is 32.2. The van der Waals surface area contributed by atoms with Crippen LogP contribution >= 0.6 is 0 Å². The van der Waals surface area contributed by atoms with Crippen molar-refractivity contribution >= 4 is 15.9 Å². The van der Waals surface area contributed by atoms with Gasteiger partial charge in [-0.1, -0.05) is 50.2 Å². The van der Waals surface area contributed by atoms with Crippen LogP contribution in [0.3, 0.4) is 0 Å². The molecular weight excluding hydrogens is 469 g/mol. The van der Waals surface area contributed by atoms with Gasteiger partial charge in [-0.3, -0.25) is 4.79 Å². The first-order valence-electron chi connectivity index (χ1n) is 11.2. The quantitative estimate of drug-likeness (QED) is 0.580. The summed E-state index contributed by atoms with van der Waals surface area (Å²) in [6, 6.07) is 14.3. The van der Waals surface area contributed by atoms with E-state index in [0.717, 1.165) is 17.7 Å². The lowest BCUT2D eigenvalue weighted by Crippen LogP contribution is -2.43. The standard InChI is InChI=1S/C24H29F3N2O4S/c1-17(2)22(18-7-4-3-5-8-18)16-28-23(30)19-11-13-29(14-12-19)34(31,32)21-10-6-9-20(15-21)33-24(25,26)27/h3-10,15,17,19,22H,11-14,16H2,1-2H3,(H,28,30). The normalized spacial score (nSPS) is 16.9. The van der Waals surface area contributed by atoms with Gasteiger partial charge in [-0.05, 0) is 36.5 Å². The van der Waals surface area contributed by atoms with Gasteiger partial charge in [-0.2, -0.15) is 4.31 Å². The summed E-state index contributed by atoms with van der Waals surface area (Å²) in [4.78, 5) is 12.5. The third-order valence-electron chi connectivity index (χ3n) is 6.03. The lowest BCUT2D eigenvalue weighted by molar-refractivity contribution is -0.274. The maximum absolute atomic E-state index is 12.9. The van der Waals surface area contributed by atoms with Crippen molar-refractivity contribution in [1.82, 2.24) is 9.62 Å². The highest BCUT2D eigenvalue weighted by molar-refractivity contribution is 7.89. The lowest BCUT2D eigenvalue weighted by atomic mass is 9.88. The summed E-state index contributed by atoms with van der Waals surface area (Å²) < 4.78 is 68.3. The predicted molar refractivity (Wildman–Crippen MR) is 122 cm³/mol. The molecule has 1 atom stereocenters. The van der Waals surface area contributed by atoms with Crippen LogP contribution in [0.2, 0.25) is 0 Å². The highest BCUT2D eigenvalue weighted by Crippen LogP contribution is 2.29. The number of ether oxygens (including phenoxy) is 1. The maximum atomic E-state index is 12.9. The van der Waals surface area contributed by atoms with E-state index in [1.165, 1.54) is 16.4 Å². The maximum Gasteiger partial charge on any atom is 0.573 e. The molecule has 1 amide bonds. The topological polar surface area (TPSA) is 75.7 Å². The zero-order valence-electron chi connectivity index (χ0n) is 19.1. The van der Waals surface area contributed by atoms with Gasteiger partial charge in [-0.25, -0.2) is 8.42 Å². The first kappa shape index (κ1) is 26.0. The van der Waals surface area contributed by atoms with Crippen molar-refractivity contribution < 1.29 is 31.1 Å². The highest BCUT2D eigenvalue weighted by Gasteiger charge is 2.34. The fourth-order valence-corrected chi connectivity index (χ4v) is 5.64. The summed E-state index contributed by atoms with van der Waals surface area (Å²) in [6.45, 7) is 4.91. The van der Waals surface area contributed by atoms with Crippen LogP contribution in [-0.2, 0) is 14.8 Å². The molecule has 186 valence electrons. The van der Waals surface area contributed by atoms with Crippen LogP contribution in [0.1, 0.15) is 38.2 Å². The Hall–Kier alpha value is -2.59. The van der Waals surface area contributed by atoms with E-state index >= 15 is 0 Å². The Bertz CT molecular complexity index is 1070. The van der Waals surface area contributed by atoms with Crippen LogP contribution in [0.5, 0.6) is 5.75 Å². The molecule has 3 rings (SSSR count). The van der Waals surface area contributed by atoms with Gasteiger partial charge >= 0.3 is 6.36 Å². The number of halogens is 3. The van der Waals surface area contributed by atoms with Gasteiger partial charge < -0.3 is 10.1 Å². The fourth-order valence-electron chi connectivity index (χ4n) is 4.13. The zero-order valence-corrected chi connectivity index (χ0v) is 19.9. The van der Waals surface area contributed by atoms with Crippen LogP contribution in [0.15, 0.2) is 59.5 Å². The average Bonchev–Trinajstić information content (AvgIpc) is 2.78. The number of nitrogens with zero attached hydrogens (tertiary/aromatic N) is 1. The predicted octanol–water partition coefficient (Wildman–Crippen LogP) is 4.54. The zero-order chi connectivity index (χ0) is 24.9. The van der Waals surface area contributed by atoms with E-state index in [0.29, 0.717) is 25.3 Å². The third-order valence-corrected chi connectivity index (χ3v) is 7.92. The molecule has 0 radical (unpaired) electrons. The molecule has 0 saturated carbocycles. The number of amides is 1. The molecule has 6 nitrogen and oxygen atoms in total. The summed E-state index contributed by atoms with van der Waals surface area (Å²) in [5.41, 5.74) is 1.15. The van der Waals surface area contributed by atoms with E-state index in [-0.39, 0.29) is 35.7 Å². The van der Waals surface area contributed by atoms with Gasteiger partial charge in [0.05, 0.1) is 4.90 Å². The Morgan fingerprint density at radius 2 is 1.74 bits per heavy atom. The van der Waals surface area contributed by atoms with Crippen molar-refractivity contribution in [2.24, 2.45) is 11.8 Å². The first-order chi connectivity index (χ1) is 16.0. The van der Waals surface area contributed by atoms with Crippen molar-refractivity contribution in [3.8, 4) is 5.75 Å². The van der Waals surface area contributed by atoms with Gasteiger partial charge in [0.2, 0.25) is 15.9 Å². The molecule has 0 spiro atoms. The average molecular weight is 499 g/mol. The molecule has 2 aromatic rings. The van der Waals surface area contributed by atoms with Crippen molar-refractivity contribution in [3.63, 3.8) is 0 Å². The van der Waals surface area contributed by atoms with E-state index in [9.17, 15) is 26.4 Å². The first-order valence-corrected chi connectivity index (χ1v) is 12.6. The van der Waals surface area contributed by atoms with E-state index < -0.39 is 22.1 Å². The molecule has 34 heavy (non-hydrogen) atoms. The van der Waals surface area contributed by atoms with Crippen molar-refractivity contribution in [1.29, 1.82) is 0 Å². The fraction of sp³-hybridized carbons (Fsp3) is 0.458. The molecule has 1 N–H and O–H groups in total. The minimum absolute atomic E-state index is 0.108. The Balaban J connectivity index is 1.58. The second-order valence-corrected chi connectivity index (χ2v) is 10.6. The minimum Gasteiger partial charge on any atom is -0.406 e. The molecule has 0 aliphatic carbocycles. The number of carbonyl (C=O) groups excluding carboxylic acids is 1. The van der Waals surface area contributed by atoms with E-state index in [2.05, 4.69) is 23.9 Å². The number of hydrogen-bond donors (Lipinski definition) is 1. The molecule has 1 aliphatic heterocycles. The SMILES string of the molecule is CC(C)C(CNC(=O)C1CCN(S(=O)(=O)c2cccc(OC(F)(F)F)c2)CC1)c1ccccc1. The van der Waals surface area contributed by atoms with Crippen LogP contribution in [-0.4, -0.2) is 44.6 Å². The smallest absolute Gasteiger partial charge is 0.406 e. The van der Waals surface area contributed by atoms with E-state index in [1.807, 2.05) is 30.3 Å². The summed E-state index contributed by atoms with van der Waals surface area (Å²) in [6.07, 6.45) is -4.24. The van der Waals surface area contributed by atoms with Crippen LogP contribution in [0.4, 0.5) is 13.2 Å². The summed E-state index contributed by atoms with van der Waals surface area (Å²) in [5.74, 6) is -0.543. The van der Waals surface area contributed by atoms with E-state index in [1.54, 1.807) is 0 Å².